The van der Waals surface area contributed by atoms with Crippen LogP contribution in [0.25, 0.3) is 0 Å². The van der Waals surface area contributed by atoms with Crippen LogP contribution in [0.2, 0.25) is 5.02 Å². The maximum atomic E-state index is 13.8. The van der Waals surface area contributed by atoms with Gasteiger partial charge in [-0.1, -0.05) is 42.3 Å². The molecule has 1 aliphatic heterocycles. The fourth-order valence-electron chi connectivity index (χ4n) is 5.83. The first-order chi connectivity index (χ1) is 17.4. The first-order valence-electron chi connectivity index (χ1n) is 12.8. The van der Waals surface area contributed by atoms with Crippen LogP contribution in [0.1, 0.15) is 74.8 Å². The summed E-state index contributed by atoms with van der Waals surface area (Å²) in [7, 11) is 1.62. The van der Waals surface area contributed by atoms with Crippen LogP contribution in [-0.2, 0) is 14.3 Å². The van der Waals surface area contributed by atoms with E-state index in [4.69, 9.17) is 21.1 Å². The van der Waals surface area contributed by atoms with Gasteiger partial charge in [0.2, 0.25) is 0 Å². The smallest absolute Gasteiger partial charge is 0.337 e. The Bertz CT molecular complexity index is 1220. The number of dihydropyridines is 1. The van der Waals surface area contributed by atoms with E-state index in [9.17, 15) is 9.59 Å². The van der Waals surface area contributed by atoms with Gasteiger partial charge in [0.15, 0.2) is 5.78 Å². The predicted molar refractivity (Wildman–Crippen MR) is 140 cm³/mol. The van der Waals surface area contributed by atoms with Crippen molar-refractivity contribution >= 4 is 23.4 Å². The van der Waals surface area contributed by atoms with Crippen molar-refractivity contribution in [3.05, 3.63) is 87.2 Å². The lowest BCUT2D eigenvalue weighted by molar-refractivity contribution is -0.146. The lowest BCUT2D eigenvalue weighted by atomic mass is 9.71. The number of halogens is 1. The summed E-state index contributed by atoms with van der Waals surface area (Å²) in [5, 5.41) is 4.11. The van der Waals surface area contributed by atoms with Crippen LogP contribution in [0, 0.1) is 0 Å². The topological polar surface area (TPSA) is 64.6 Å². The maximum absolute atomic E-state index is 13.8. The highest BCUT2D eigenvalue weighted by molar-refractivity contribution is 6.30. The van der Waals surface area contributed by atoms with Crippen molar-refractivity contribution < 1.29 is 19.1 Å². The lowest BCUT2D eigenvalue weighted by Crippen LogP contribution is -2.37. The Kier molecular flexibility index (Phi) is 7.20. The van der Waals surface area contributed by atoms with Crippen molar-refractivity contribution in [3.63, 3.8) is 0 Å². The molecule has 0 spiro atoms. The van der Waals surface area contributed by atoms with Crippen LogP contribution in [0.4, 0.5) is 0 Å². The second-order valence-electron chi connectivity index (χ2n) is 10.0. The number of Topliss-reactive ketones (excluding diaryl/α,β-unsaturated/α-hetero) is 1. The van der Waals surface area contributed by atoms with E-state index >= 15 is 0 Å². The van der Waals surface area contributed by atoms with Crippen molar-refractivity contribution in [1.29, 1.82) is 0 Å². The number of ketones is 1. The molecule has 2 aromatic rings. The molecule has 1 fully saturated rings. The molecule has 0 amide bonds. The van der Waals surface area contributed by atoms with Gasteiger partial charge in [0, 0.05) is 34.3 Å². The minimum Gasteiger partial charge on any atom is -0.497 e. The number of rotatable bonds is 5. The van der Waals surface area contributed by atoms with Gasteiger partial charge in [-0.15, -0.1) is 0 Å². The molecule has 2 aromatic carbocycles. The first-order valence-corrected chi connectivity index (χ1v) is 13.2. The van der Waals surface area contributed by atoms with Gasteiger partial charge in [0.1, 0.15) is 11.9 Å². The van der Waals surface area contributed by atoms with Gasteiger partial charge in [0.05, 0.1) is 12.7 Å². The molecule has 36 heavy (non-hydrogen) atoms. The molecule has 5 nitrogen and oxygen atoms in total. The Morgan fingerprint density at radius 2 is 1.75 bits per heavy atom. The minimum atomic E-state index is -0.494. The maximum Gasteiger partial charge on any atom is 0.337 e. The van der Waals surface area contributed by atoms with E-state index in [2.05, 4.69) is 5.32 Å². The summed E-state index contributed by atoms with van der Waals surface area (Å²) in [6.45, 7) is 1.91. The van der Waals surface area contributed by atoms with Crippen molar-refractivity contribution in [2.45, 2.75) is 69.8 Å². The number of methoxy groups -OCH3 is 1. The zero-order valence-corrected chi connectivity index (χ0v) is 21.6. The summed E-state index contributed by atoms with van der Waals surface area (Å²) in [6.07, 6.45) is 6.13. The van der Waals surface area contributed by atoms with E-state index in [-0.39, 0.29) is 23.8 Å². The third-order valence-electron chi connectivity index (χ3n) is 7.64. The van der Waals surface area contributed by atoms with Gasteiger partial charge in [-0.3, -0.25) is 4.79 Å². The van der Waals surface area contributed by atoms with Gasteiger partial charge in [-0.05, 0) is 80.3 Å². The quantitative estimate of drug-likeness (QED) is 0.464. The molecule has 2 unspecified atom stereocenters. The average molecular weight is 506 g/mol. The number of carbonyl (C=O) groups excluding carboxylic acids is 2. The average Bonchev–Trinajstić information content (AvgIpc) is 2.88. The van der Waals surface area contributed by atoms with Crippen molar-refractivity contribution in [2.24, 2.45) is 0 Å². The van der Waals surface area contributed by atoms with Crippen LogP contribution in [-0.4, -0.2) is 25.0 Å². The zero-order chi connectivity index (χ0) is 25.2. The Labute approximate surface area is 217 Å². The molecular formula is C30H32ClNO4. The summed E-state index contributed by atoms with van der Waals surface area (Å²) in [5.41, 5.74) is 4.75. The first kappa shape index (κ1) is 24.6. The van der Waals surface area contributed by atoms with Crippen LogP contribution in [0.5, 0.6) is 5.75 Å². The van der Waals surface area contributed by atoms with Crippen molar-refractivity contribution in [2.75, 3.05) is 7.11 Å². The van der Waals surface area contributed by atoms with Crippen LogP contribution >= 0.6 is 11.6 Å². The summed E-state index contributed by atoms with van der Waals surface area (Å²) in [4.78, 5) is 27.4. The normalized spacial score (nSPS) is 22.7. The van der Waals surface area contributed by atoms with E-state index in [0.717, 1.165) is 48.2 Å². The fraction of sp³-hybridized carbons (Fsp3) is 0.400. The number of nitrogens with one attached hydrogen (secondary N) is 1. The zero-order valence-electron chi connectivity index (χ0n) is 20.8. The number of carbonyl (C=O) groups is 2. The molecule has 1 saturated carbocycles. The highest BCUT2D eigenvalue weighted by Crippen LogP contribution is 2.46. The highest BCUT2D eigenvalue weighted by atomic mass is 35.5. The molecule has 3 aliphatic rings. The molecule has 0 aromatic heterocycles. The summed E-state index contributed by atoms with van der Waals surface area (Å²) in [5.74, 6) is -0.0411. The van der Waals surface area contributed by atoms with E-state index in [1.807, 2.05) is 55.5 Å². The number of benzene rings is 2. The molecular weight excluding hydrogens is 474 g/mol. The van der Waals surface area contributed by atoms with Crippen molar-refractivity contribution in [1.82, 2.24) is 5.32 Å². The van der Waals surface area contributed by atoms with E-state index in [1.165, 1.54) is 6.42 Å². The SMILES string of the molecule is COc1cccc(C2C(C(=O)OC3CCCCC3)=C(C)NC3=C2C(=O)CC(c2ccc(Cl)cc2)C3)c1. The lowest BCUT2D eigenvalue weighted by Gasteiger charge is -2.37. The van der Waals surface area contributed by atoms with Crippen LogP contribution in [0.15, 0.2) is 71.1 Å². The molecule has 2 atom stereocenters. The minimum absolute atomic E-state index is 0.0481. The Balaban J connectivity index is 1.53. The Hall–Kier alpha value is -3.05. The van der Waals surface area contributed by atoms with E-state index in [0.29, 0.717) is 34.8 Å². The van der Waals surface area contributed by atoms with E-state index < -0.39 is 5.92 Å². The molecule has 2 aliphatic carbocycles. The highest BCUT2D eigenvalue weighted by Gasteiger charge is 2.42. The third-order valence-corrected chi connectivity index (χ3v) is 7.89. The number of allylic oxidation sites excluding steroid dienone is 3. The summed E-state index contributed by atoms with van der Waals surface area (Å²) >= 11 is 6.09. The standard InChI is InChI=1S/C30H32ClNO4/c1-18-27(30(34)36-23-8-4-3-5-9-23)28(20-7-6-10-24(15-20)35-2)29-25(32-18)16-21(17-26(29)33)19-11-13-22(31)14-12-19/h6-7,10-15,21,23,28,32H,3-5,8-9,16-17H2,1-2H3. The third kappa shape index (κ3) is 4.94. The Morgan fingerprint density at radius 1 is 1.00 bits per heavy atom. The molecule has 0 saturated heterocycles. The van der Waals surface area contributed by atoms with Crippen LogP contribution < -0.4 is 10.1 Å². The summed E-state index contributed by atoms with van der Waals surface area (Å²) in [6, 6.07) is 15.4. The largest absolute Gasteiger partial charge is 0.497 e. The molecule has 0 radical (unpaired) electrons. The molecule has 6 heteroatoms. The molecule has 188 valence electrons. The number of hydrogen-bond acceptors (Lipinski definition) is 5. The van der Waals surface area contributed by atoms with Gasteiger partial charge in [-0.25, -0.2) is 4.79 Å². The van der Waals surface area contributed by atoms with Crippen LogP contribution in [0.3, 0.4) is 0 Å². The molecule has 5 rings (SSSR count). The van der Waals surface area contributed by atoms with Gasteiger partial charge >= 0.3 is 5.97 Å². The molecule has 1 N–H and O–H groups in total. The van der Waals surface area contributed by atoms with Gasteiger partial charge in [-0.2, -0.15) is 0 Å². The number of hydrogen-bond donors (Lipinski definition) is 1. The van der Waals surface area contributed by atoms with Crippen molar-refractivity contribution in [3.8, 4) is 5.75 Å². The molecule has 0 bridgehead atoms. The monoisotopic (exact) mass is 505 g/mol. The second-order valence-corrected chi connectivity index (χ2v) is 10.4. The Morgan fingerprint density at radius 3 is 2.47 bits per heavy atom. The predicted octanol–water partition coefficient (Wildman–Crippen LogP) is 6.59. The number of esters is 1. The van der Waals surface area contributed by atoms with E-state index in [1.54, 1.807) is 7.11 Å². The van der Waals surface area contributed by atoms with Gasteiger partial charge < -0.3 is 14.8 Å². The summed E-state index contributed by atoms with van der Waals surface area (Å²) < 4.78 is 11.5. The number of ether oxygens (including phenoxy) is 2. The fourth-order valence-corrected chi connectivity index (χ4v) is 5.96. The molecule has 1 heterocycles. The van der Waals surface area contributed by atoms with Gasteiger partial charge in [0.25, 0.3) is 0 Å². The second kappa shape index (κ2) is 10.5.